The largest absolute Gasteiger partial charge is 0.361 e. The lowest BCUT2D eigenvalue weighted by Gasteiger charge is -2.04. The van der Waals surface area contributed by atoms with Crippen LogP contribution in [0.1, 0.15) is 0 Å². The van der Waals surface area contributed by atoms with Crippen molar-refractivity contribution in [1.82, 2.24) is 9.97 Å². The average Bonchev–Trinajstić information content (AvgIpc) is 2.90. The molecule has 0 bridgehead atoms. The molecule has 3 rings (SSSR count). The first kappa shape index (κ1) is 10.7. The molecule has 0 atom stereocenters. The van der Waals surface area contributed by atoms with Crippen LogP contribution >= 0.6 is 0 Å². The fourth-order valence-electron chi connectivity index (χ4n) is 2.00. The molecule has 2 aromatic heterocycles. The lowest BCUT2D eigenvalue weighted by atomic mass is 10.0. The van der Waals surface area contributed by atoms with Crippen LogP contribution in [-0.2, 0) is 0 Å². The summed E-state index contributed by atoms with van der Waals surface area (Å²) in [7, 11) is 0. The van der Waals surface area contributed by atoms with Gasteiger partial charge in [-0.25, -0.2) is 4.39 Å². The minimum atomic E-state index is -0.226. The number of pyridine rings is 1. The van der Waals surface area contributed by atoms with Crippen molar-refractivity contribution in [2.45, 2.75) is 0 Å². The number of hydrogen-bond acceptors (Lipinski definition) is 1. The van der Waals surface area contributed by atoms with E-state index in [4.69, 9.17) is 0 Å². The molecule has 0 radical (unpaired) electrons. The Morgan fingerprint density at radius 1 is 0.833 bits per heavy atom. The second-order valence-electron chi connectivity index (χ2n) is 4.01. The van der Waals surface area contributed by atoms with Crippen LogP contribution in [-0.4, -0.2) is 9.97 Å². The summed E-state index contributed by atoms with van der Waals surface area (Å²) < 4.78 is 12.9. The Morgan fingerprint density at radius 2 is 1.56 bits per heavy atom. The zero-order chi connectivity index (χ0) is 12.4. The molecule has 0 aliphatic heterocycles. The Hall–Kier alpha value is -2.42. The van der Waals surface area contributed by atoms with Crippen LogP contribution in [0.15, 0.2) is 61.1 Å². The Kier molecular flexibility index (Phi) is 2.65. The van der Waals surface area contributed by atoms with E-state index >= 15 is 0 Å². The van der Waals surface area contributed by atoms with E-state index in [2.05, 4.69) is 9.97 Å². The average molecular weight is 238 g/mol. The molecule has 2 heterocycles. The maximum Gasteiger partial charge on any atom is 0.123 e. The van der Waals surface area contributed by atoms with Crippen LogP contribution in [0.25, 0.3) is 22.4 Å². The number of benzene rings is 1. The van der Waals surface area contributed by atoms with Gasteiger partial charge in [-0.15, -0.1) is 0 Å². The molecule has 0 unspecified atom stereocenters. The van der Waals surface area contributed by atoms with Gasteiger partial charge in [0.2, 0.25) is 0 Å². The molecular weight excluding hydrogens is 227 g/mol. The van der Waals surface area contributed by atoms with Gasteiger partial charge < -0.3 is 4.98 Å². The Bertz CT molecular complexity index is 642. The van der Waals surface area contributed by atoms with Crippen molar-refractivity contribution in [2.75, 3.05) is 0 Å². The third kappa shape index (κ3) is 1.91. The van der Waals surface area contributed by atoms with Gasteiger partial charge in [-0.2, -0.15) is 0 Å². The van der Waals surface area contributed by atoms with Gasteiger partial charge in [-0.1, -0.05) is 0 Å². The Labute approximate surface area is 104 Å². The van der Waals surface area contributed by atoms with Gasteiger partial charge in [-0.05, 0) is 53.6 Å². The molecule has 2 nitrogen and oxygen atoms in total. The van der Waals surface area contributed by atoms with Crippen LogP contribution < -0.4 is 0 Å². The van der Waals surface area contributed by atoms with Crippen molar-refractivity contribution < 1.29 is 4.39 Å². The molecule has 1 aromatic carbocycles. The zero-order valence-electron chi connectivity index (χ0n) is 9.60. The molecule has 0 spiro atoms. The van der Waals surface area contributed by atoms with Crippen molar-refractivity contribution in [3.8, 4) is 22.4 Å². The predicted octanol–water partition coefficient (Wildman–Crippen LogP) is 3.88. The molecule has 1 N–H and O–H groups in total. The number of halogens is 1. The number of aromatic amines is 1. The summed E-state index contributed by atoms with van der Waals surface area (Å²) in [6, 6.07) is 12.4. The maximum absolute atomic E-state index is 12.9. The number of H-pyrrole nitrogens is 1. The summed E-state index contributed by atoms with van der Waals surface area (Å²) in [5.41, 5.74) is 4.13. The van der Waals surface area contributed by atoms with Crippen LogP contribution in [0.5, 0.6) is 0 Å². The second kappa shape index (κ2) is 4.45. The van der Waals surface area contributed by atoms with Gasteiger partial charge in [0.25, 0.3) is 0 Å². The van der Waals surface area contributed by atoms with Crippen LogP contribution in [0, 0.1) is 5.82 Å². The molecular formula is C15H11FN2. The first-order chi connectivity index (χ1) is 8.84. The standard InChI is InChI=1S/C15H11FN2/c16-13-3-1-12(2-4-13)15-14(7-10-18-15)11-5-8-17-9-6-11/h1-10,18H. The molecule has 0 amide bonds. The van der Waals surface area contributed by atoms with Crippen LogP contribution in [0.3, 0.4) is 0 Å². The van der Waals surface area contributed by atoms with Gasteiger partial charge in [0, 0.05) is 24.2 Å². The van der Waals surface area contributed by atoms with Gasteiger partial charge in [-0.3, -0.25) is 4.98 Å². The molecule has 0 fully saturated rings. The summed E-state index contributed by atoms with van der Waals surface area (Å²) in [4.78, 5) is 7.21. The van der Waals surface area contributed by atoms with Crippen molar-refractivity contribution in [3.63, 3.8) is 0 Å². The second-order valence-corrected chi connectivity index (χ2v) is 4.01. The Balaban J connectivity index is 2.10. The van der Waals surface area contributed by atoms with E-state index < -0.39 is 0 Å². The Morgan fingerprint density at radius 3 is 2.28 bits per heavy atom. The third-order valence-corrected chi connectivity index (χ3v) is 2.87. The van der Waals surface area contributed by atoms with E-state index in [0.717, 1.165) is 22.4 Å². The lowest BCUT2D eigenvalue weighted by molar-refractivity contribution is 0.628. The minimum Gasteiger partial charge on any atom is -0.361 e. The van der Waals surface area contributed by atoms with E-state index in [0.29, 0.717) is 0 Å². The molecule has 3 aromatic rings. The summed E-state index contributed by atoms with van der Waals surface area (Å²) in [6.07, 6.45) is 5.40. The third-order valence-electron chi connectivity index (χ3n) is 2.87. The van der Waals surface area contributed by atoms with Gasteiger partial charge in [0.15, 0.2) is 0 Å². The number of aromatic nitrogens is 2. The van der Waals surface area contributed by atoms with Gasteiger partial charge in [0.1, 0.15) is 5.82 Å². The highest BCUT2D eigenvalue weighted by Gasteiger charge is 2.08. The summed E-state index contributed by atoms with van der Waals surface area (Å²) in [6.45, 7) is 0. The smallest absolute Gasteiger partial charge is 0.123 e. The number of nitrogens with zero attached hydrogens (tertiary/aromatic N) is 1. The van der Waals surface area contributed by atoms with Gasteiger partial charge in [0.05, 0.1) is 5.69 Å². The number of hydrogen-bond donors (Lipinski definition) is 1. The van der Waals surface area contributed by atoms with E-state index in [1.807, 2.05) is 24.4 Å². The topological polar surface area (TPSA) is 28.7 Å². The highest BCUT2D eigenvalue weighted by Crippen LogP contribution is 2.30. The minimum absolute atomic E-state index is 0.226. The molecule has 0 aliphatic carbocycles. The molecule has 18 heavy (non-hydrogen) atoms. The SMILES string of the molecule is Fc1ccc(-c2[nH]ccc2-c2ccncc2)cc1. The van der Waals surface area contributed by atoms with E-state index in [9.17, 15) is 4.39 Å². The van der Waals surface area contributed by atoms with Crippen LogP contribution in [0.4, 0.5) is 4.39 Å². The van der Waals surface area contributed by atoms with Crippen molar-refractivity contribution in [2.24, 2.45) is 0 Å². The van der Waals surface area contributed by atoms with E-state index in [-0.39, 0.29) is 5.82 Å². The van der Waals surface area contributed by atoms with Crippen molar-refractivity contribution in [3.05, 3.63) is 66.9 Å². The summed E-state index contributed by atoms with van der Waals surface area (Å²) >= 11 is 0. The first-order valence-corrected chi connectivity index (χ1v) is 5.68. The van der Waals surface area contributed by atoms with Gasteiger partial charge >= 0.3 is 0 Å². The molecule has 0 saturated heterocycles. The van der Waals surface area contributed by atoms with E-state index in [1.165, 1.54) is 12.1 Å². The van der Waals surface area contributed by atoms with Crippen LogP contribution in [0.2, 0.25) is 0 Å². The lowest BCUT2D eigenvalue weighted by Crippen LogP contribution is -1.83. The van der Waals surface area contributed by atoms with Crippen molar-refractivity contribution >= 4 is 0 Å². The fraction of sp³-hybridized carbons (Fsp3) is 0. The van der Waals surface area contributed by atoms with Crippen molar-refractivity contribution in [1.29, 1.82) is 0 Å². The van der Waals surface area contributed by atoms with E-state index in [1.54, 1.807) is 24.5 Å². The number of rotatable bonds is 2. The highest BCUT2D eigenvalue weighted by atomic mass is 19.1. The molecule has 3 heteroatoms. The molecule has 88 valence electrons. The fourth-order valence-corrected chi connectivity index (χ4v) is 2.00. The zero-order valence-corrected chi connectivity index (χ0v) is 9.60. The molecule has 0 saturated carbocycles. The molecule has 0 aliphatic rings. The summed E-state index contributed by atoms with van der Waals surface area (Å²) in [5, 5.41) is 0. The first-order valence-electron chi connectivity index (χ1n) is 5.68. The monoisotopic (exact) mass is 238 g/mol. The number of nitrogens with one attached hydrogen (secondary N) is 1. The highest BCUT2D eigenvalue weighted by molar-refractivity contribution is 5.80. The summed E-state index contributed by atoms with van der Waals surface area (Å²) in [5.74, 6) is -0.226. The quantitative estimate of drug-likeness (QED) is 0.721. The maximum atomic E-state index is 12.9. The predicted molar refractivity (Wildman–Crippen MR) is 69.4 cm³/mol. The normalized spacial score (nSPS) is 10.5.